The average molecular weight is 454 g/mol. The number of nitrogens with two attached hydrogens (primary N) is 1. The Hall–Kier alpha value is -2.71. The summed E-state index contributed by atoms with van der Waals surface area (Å²) in [7, 11) is 0. The summed E-state index contributed by atoms with van der Waals surface area (Å²) < 4.78 is 16.7. The molecule has 1 aliphatic carbocycles. The third kappa shape index (κ3) is 4.56. The predicted molar refractivity (Wildman–Crippen MR) is 123 cm³/mol. The minimum atomic E-state index is -0.431. The second-order valence-electron chi connectivity index (χ2n) is 8.32. The number of carbonyl (C=O) groups is 1. The van der Waals surface area contributed by atoms with Gasteiger partial charge in [-0.1, -0.05) is 6.42 Å². The molecule has 1 unspecified atom stereocenters. The van der Waals surface area contributed by atoms with Gasteiger partial charge in [0.1, 0.15) is 23.0 Å². The van der Waals surface area contributed by atoms with Crippen LogP contribution in [-0.2, 0) is 28.9 Å². The van der Waals surface area contributed by atoms with Gasteiger partial charge in [-0.15, -0.1) is 11.3 Å². The number of nitrogens with zero attached hydrogens (tertiary/aromatic N) is 2. The van der Waals surface area contributed by atoms with E-state index in [1.165, 1.54) is 29.7 Å². The third-order valence-electron chi connectivity index (χ3n) is 6.02. The minimum absolute atomic E-state index is 0.0151. The predicted octanol–water partition coefficient (Wildman–Crippen LogP) is 4.46. The van der Waals surface area contributed by atoms with Gasteiger partial charge in [0.25, 0.3) is 0 Å². The van der Waals surface area contributed by atoms with Gasteiger partial charge >= 0.3 is 5.97 Å². The van der Waals surface area contributed by atoms with Crippen molar-refractivity contribution < 1.29 is 19.0 Å². The van der Waals surface area contributed by atoms with Gasteiger partial charge in [-0.3, -0.25) is 0 Å². The number of aromatic nitrogens is 2. The first-order valence-corrected chi connectivity index (χ1v) is 12.1. The van der Waals surface area contributed by atoms with Crippen molar-refractivity contribution in [3.63, 3.8) is 0 Å². The molecule has 2 aromatic heterocycles. The Morgan fingerprint density at radius 1 is 1.12 bits per heavy atom. The van der Waals surface area contributed by atoms with Crippen LogP contribution >= 0.6 is 11.3 Å². The van der Waals surface area contributed by atoms with Gasteiger partial charge in [-0.05, 0) is 68.4 Å². The molecular formula is C24H27N3O4S. The van der Waals surface area contributed by atoms with E-state index >= 15 is 0 Å². The maximum atomic E-state index is 12.5. The fraction of sp³-hybridized carbons (Fsp3) is 0.458. The van der Waals surface area contributed by atoms with Crippen molar-refractivity contribution >= 4 is 33.3 Å². The number of thiophene rings is 1. The Balaban J connectivity index is 1.21. The van der Waals surface area contributed by atoms with Crippen LogP contribution in [0.5, 0.6) is 5.75 Å². The Bertz CT molecular complexity index is 1110. The fourth-order valence-electron chi connectivity index (χ4n) is 4.34. The average Bonchev–Trinajstić information content (AvgIpc) is 3.39. The molecule has 0 radical (unpaired) electrons. The molecule has 1 aromatic carbocycles. The van der Waals surface area contributed by atoms with E-state index in [1.807, 2.05) is 0 Å². The molecule has 32 heavy (non-hydrogen) atoms. The monoisotopic (exact) mass is 453 g/mol. The molecule has 3 heterocycles. The van der Waals surface area contributed by atoms with Gasteiger partial charge in [0.2, 0.25) is 0 Å². The number of fused-ring (bicyclic) bond motifs is 3. The van der Waals surface area contributed by atoms with Gasteiger partial charge in [0.05, 0.1) is 17.1 Å². The lowest BCUT2D eigenvalue weighted by atomic mass is 10.1. The van der Waals surface area contributed by atoms with E-state index in [9.17, 15) is 4.79 Å². The Morgan fingerprint density at radius 2 is 1.97 bits per heavy atom. The maximum Gasteiger partial charge on any atom is 0.338 e. The lowest BCUT2D eigenvalue weighted by molar-refractivity contribution is 0.0462. The molecular weight excluding hydrogens is 426 g/mol. The van der Waals surface area contributed by atoms with Crippen LogP contribution in [0, 0.1) is 0 Å². The fourth-order valence-corrected chi connectivity index (χ4v) is 5.63. The molecule has 168 valence electrons. The van der Waals surface area contributed by atoms with E-state index < -0.39 is 5.97 Å². The van der Waals surface area contributed by atoms with Crippen LogP contribution in [0.3, 0.4) is 0 Å². The summed E-state index contributed by atoms with van der Waals surface area (Å²) >= 11 is 1.69. The van der Waals surface area contributed by atoms with Crippen molar-refractivity contribution in [2.24, 2.45) is 0 Å². The summed E-state index contributed by atoms with van der Waals surface area (Å²) in [4.78, 5) is 23.8. The van der Waals surface area contributed by atoms with Crippen LogP contribution in [-0.4, -0.2) is 35.3 Å². The summed E-state index contributed by atoms with van der Waals surface area (Å²) in [5.41, 5.74) is 8.04. The second kappa shape index (κ2) is 9.42. The van der Waals surface area contributed by atoms with Crippen LogP contribution in [0.25, 0.3) is 10.2 Å². The van der Waals surface area contributed by atoms with Gasteiger partial charge in [0, 0.05) is 11.5 Å². The number of ether oxygens (including phenoxy) is 3. The number of hydrogen-bond donors (Lipinski definition) is 1. The summed E-state index contributed by atoms with van der Waals surface area (Å²) in [5.74, 6) is 1.18. The lowest BCUT2D eigenvalue weighted by Crippen LogP contribution is -2.16. The molecule has 2 aliphatic rings. The molecule has 7 nitrogen and oxygen atoms in total. The smallest absolute Gasteiger partial charge is 0.338 e. The second-order valence-corrected chi connectivity index (χ2v) is 9.40. The van der Waals surface area contributed by atoms with Gasteiger partial charge in [0.15, 0.2) is 12.4 Å². The van der Waals surface area contributed by atoms with Crippen LogP contribution in [0.4, 0.5) is 5.82 Å². The SMILES string of the molecule is Nc1nc(COC(=O)c2ccc(OCC3CCCO3)cc2)nc2sc3c(c12)CCCCC3. The highest BCUT2D eigenvalue weighted by molar-refractivity contribution is 7.19. The molecule has 0 spiro atoms. The summed E-state index contributed by atoms with van der Waals surface area (Å²) in [6.45, 7) is 1.31. The molecule has 1 aliphatic heterocycles. The van der Waals surface area contributed by atoms with Crippen LogP contribution in [0.15, 0.2) is 24.3 Å². The first kappa shape index (κ1) is 21.2. The number of nitrogen functional groups attached to an aromatic ring is 1. The quantitative estimate of drug-likeness (QED) is 0.435. The number of rotatable bonds is 6. The number of aryl methyl sites for hydroxylation is 2. The Labute approximate surface area is 190 Å². The van der Waals surface area contributed by atoms with Gasteiger partial charge in [-0.2, -0.15) is 0 Å². The van der Waals surface area contributed by atoms with Crippen molar-refractivity contribution in [2.75, 3.05) is 18.9 Å². The molecule has 5 rings (SSSR count). The molecule has 1 saturated heterocycles. The minimum Gasteiger partial charge on any atom is -0.491 e. The van der Waals surface area contributed by atoms with Crippen molar-refractivity contribution in [2.45, 2.75) is 57.7 Å². The van der Waals surface area contributed by atoms with Crippen LogP contribution < -0.4 is 10.5 Å². The zero-order valence-electron chi connectivity index (χ0n) is 18.0. The normalized spacial score (nSPS) is 18.3. The van der Waals surface area contributed by atoms with Crippen molar-refractivity contribution in [3.05, 3.63) is 46.1 Å². The molecule has 0 saturated carbocycles. The summed E-state index contributed by atoms with van der Waals surface area (Å²) in [5, 5.41) is 0.987. The third-order valence-corrected chi connectivity index (χ3v) is 7.21. The number of hydrogen-bond acceptors (Lipinski definition) is 8. The van der Waals surface area contributed by atoms with E-state index in [-0.39, 0.29) is 12.7 Å². The highest BCUT2D eigenvalue weighted by Crippen LogP contribution is 2.37. The van der Waals surface area contributed by atoms with E-state index in [4.69, 9.17) is 19.9 Å². The van der Waals surface area contributed by atoms with Crippen LogP contribution in [0.1, 0.15) is 58.7 Å². The number of esters is 1. The standard InChI is InChI=1S/C24H27N3O4S/c25-22-21-18-6-2-1-3-7-19(18)32-23(21)27-20(26-22)14-31-24(28)15-8-10-16(11-9-15)30-13-17-5-4-12-29-17/h8-11,17H,1-7,12-14H2,(H2,25,26,27). The number of carbonyl (C=O) groups excluding carboxylic acids is 1. The molecule has 0 amide bonds. The molecule has 0 bridgehead atoms. The van der Waals surface area contributed by atoms with Gasteiger partial charge in [-0.25, -0.2) is 14.8 Å². The van der Waals surface area contributed by atoms with E-state index in [2.05, 4.69) is 9.97 Å². The van der Waals surface area contributed by atoms with Crippen molar-refractivity contribution in [1.29, 1.82) is 0 Å². The highest BCUT2D eigenvalue weighted by Gasteiger charge is 2.20. The van der Waals surface area contributed by atoms with Crippen molar-refractivity contribution in [3.8, 4) is 5.75 Å². The maximum absolute atomic E-state index is 12.5. The summed E-state index contributed by atoms with van der Waals surface area (Å²) in [6.07, 6.45) is 8.00. The van der Waals surface area contributed by atoms with Crippen molar-refractivity contribution in [1.82, 2.24) is 9.97 Å². The van der Waals surface area contributed by atoms with E-state index in [0.29, 0.717) is 29.6 Å². The molecule has 8 heteroatoms. The van der Waals surface area contributed by atoms with Gasteiger partial charge < -0.3 is 19.9 Å². The number of benzene rings is 1. The molecule has 1 fully saturated rings. The molecule has 3 aromatic rings. The lowest BCUT2D eigenvalue weighted by Gasteiger charge is -2.11. The van der Waals surface area contributed by atoms with E-state index in [1.54, 1.807) is 35.6 Å². The Morgan fingerprint density at radius 3 is 2.78 bits per heavy atom. The summed E-state index contributed by atoms with van der Waals surface area (Å²) in [6, 6.07) is 6.93. The van der Waals surface area contributed by atoms with Crippen LogP contribution in [0.2, 0.25) is 0 Å². The van der Waals surface area contributed by atoms with E-state index in [0.717, 1.165) is 42.5 Å². The highest BCUT2D eigenvalue weighted by atomic mass is 32.1. The topological polar surface area (TPSA) is 96.6 Å². The zero-order chi connectivity index (χ0) is 21.9. The molecule has 1 atom stereocenters. The first-order valence-electron chi connectivity index (χ1n) is 11.3. The molecule has 2 N–H and O–H groups in total. The zero-order valence-corrected chi connectivity index (χ0v) is 18.8. The largest absolute Gasteiger partial charge is 0.491 e. The number of anilines is 1. The Kier molecular flexibility index (Phi) is 6.23. The first-order chi connectivity index (χ1) is 15.7.